The number of hydrogen-bond acceptors (Lipinski definition) is 3. The van der Waals surface area contributed by atoms with E-state index >= 15 is 0 Å². The van der Waals surface area contributed by atoms with Crippen LogP contribution in [0.25, 0.3) is 5.65 Å². The molecule has 108 valence electrons. The number of halogens is 1. The first kappa shape index (κ1) is 13.8. The maximum Gasteiger partial charge on any atom is 0.181 e. The fourth-order valence-electron chi connectivity index (χ4n) is 3.10. The van der Waals surface area contributed by atoms with E-state index in [4.69, 9.17) is 11.6 Å². The molecule has 0 N–H and O–H groups in total. The van der Waals surface area contributed by atoms with Gasteiger partial charge in [0.2, 0.25) is 0 Å². The van der Waals surface area contributed by atoms with E-state index in [0.29, 0.717) is 5.15 Å². The van der Waals surface area contributed by atoms with Crippen molar-refractivity contribution >= 4 is 17.2 Å². The van der Waals surface area contributed by atoms with Crippen LogP contribution in [-0.2, 0) is 6.42 Å². The molecule has 0 saturated heterocycles. The van der Waals surface area contributed by atoms with E-state index in [1.807, 2.05) is 18.4 Å². The zero-order valence-corrected chi connectivity index (χ0v) is 12.9. The van der Waals surface area contributed by atoms with Gasteiger partial charge in [-0.1, -0.05) is 43.7 Å². The molecule has 3 rings (SSSR count). The molecule has 0 amide bonds. The van der Waals surface area contributed by atoms with Crippen LogP contribution in [0.15, 0.2) is 0 Å². The van der Waals surface area contributed by atoms with Crippen molar-refractivity contribution in [3.63, 3.8) is 0 Å². The Kier molecular flexibility index (Phi) is 3.92. The molecule has 1 aliphatic rings. The van der Waals surface area contributed by atoms with Crippen LogP contribution in [0.1, 0.15) is 55.5 Å². The van der Waals surface area contributed by atoms with E-state index in [0.717, 1.165) is 34.9 Å². The average Bonchev–Trinajstić information content (AvgIpc) is 2.87. The Morgan fingerprint density at radius 1 is 1.10 bits per heavy atom. The summed E-state index contributed by atoms with van der Waals surface area (Å²) in [5.74, 6) is 1.79. The molecule has 1 fully saturated rings. The Hall–Kier alpha value is -1.16. The Morgan fingerprint density at radius 3 is 2.60 bits per heavy atom. The van der Waals surface area contributed by atoms with Crippen LogP contribution in [0.4, 0.5) is 0 Å². The van der Waals surface area contributed by atoms with Crippen molar-refractivity contribution in [2.45, 2.75) is 58.8 Å². The third-order valence-corrected chi connectivity index (χ3v) is 4.96. The Balaban J connectivity index is 1.81. The van der Waals surface area contributed by atoms with Gasteiger partial charge >= 0.3 is 0 Å². The van der Waals surface area contributed by atoms with Gasteiger partial charge in [0.15, 0.2) is 16.6 Å². The lowest BCUT2D eigenvalue weighted by Gasteiger charge is -2.20. The predicted octanol–water partition coefficient (Wildman–Crippen LogP) is 3.91. The Morgan fingerprint density at radius 2 is 1.85 bits per heavy atom. The van der Waals surface area contributed by atoms with Crippen LogP contribution in [0, 0.1) is 19.8 Å². The van der Waals surface area contributed by atoms with Gasteiger partial charge in [-0.05, 0) is 31.7 Å². The van der Waals surface area contributed by atoms with Gasteiger partial charge in [-0.3, -0.25) is 0 Å². The predicted molar refractivity (Wildman–Crippen MR) is 80.2 cm³/mol. The number of rotatable bonds is 3. The second kappa shape index (κ2) is 5.68. The van der Waals surface area contributed by atoms with Crippen LogP contribution >= 0.6 is 11.6 Å². The van der Waals surface area contributed by atoms with Gasteiger partial charge < -0.3 is 0 Å². The summed E-state index contributed by atoms with van der Waals surface area (Å²) in [6.07, 6.45) is 9.03. The molecule has 4 nitrogen and oxygen atoms in total. The van der Waals surface area contributed by atoms with E-state index in [9.17, 15) is 0 Å². The van der Waals surface area contributed by atoms with Crippen LogP contribution in [0.2, 0.25) is 5.15 Å². The lowest BCUT2D eigenvalue weighted by atomic mass is 9.86. The Labute approximate surface area is 124 Å². The first-order chi connectivity index (χ1) is 9.66. The van der Waals surface area contributed by atoms with Crippen molar-refractivity contribution in [1.82, 2.24) is 19.8 Å². The third kappa shape index (κ3) is 2.53. The van der Waals surface area contributed by atoms with E-state index in [1.54, 1.807) is 0 Å². The highest BCUT2D eigenvalue weighted by molar-refractivity contribution is 6.30. The zero-order valence-electron chi connectivity index (χ0n) is 12.2. The van der Waals surface area contributed by atoms with Gasteiger partial charge in [0.05, 0.1) is 0 Å². The Bertz CT molecular complexity index is 614. The minimum atomic E-state index is 0.550. The molecular formula is C15H21ClN4. The molecule has 0 unspecified atom stereocenters. The molecule has 1 saturated carbocycles. The molecule has 0 bridgehead atoms. The summed E-state index contributed by atoms with van der Waals surface area (Å²) in [6.45, 7) is 4.00. The largest absolute Gasteiger partial charge is 0.196 e. The highest BCUT2D eigenvalue weighted by Crippen LogP contribution is 2.27. The molecule has 2 aromatic rings. The molecule has 0 spiro atoms. The average molecular weight is 293 g/mol. The van der Waals surface area contributed by atoms with E-state index in [-0.39, 0.29) is 0 Å². The van der Waals surface area contributed by atoms with E-state index in [1.165, 1.54) is 38.5 Å². The second-order valence-corrected chi connectivity index (χ2v) is 6.29. The molecule has 0 aliphatic heterocycles. The van der Waals surface area contributed by atoms with E-state index in [2.05, 4.69) is 15.3 Å². The van der Waals surface area contributed by atoms with Crippen LogP contribution in [-0.4, -0.2) is 19.8 Å². The summed E-state index contributed by atoms with van der Waals surface area (Å²) in [6, 6.07) is 0. The van der Waals surface area contributed by atoms with Gasteiger partial charge in [-0.2, -0.15) is 9.61 Å². The normalized spacial score (nSPS) is 16.9. The van der Waals surface area contributed by atoms with Gasteiger partial charge in [-0.15, -0.1) is 10.2 Å². The lowest BCUT2D eigenvalue weighted by molar-refractivity contribution is 0.336. The zero-order chi connectivity index (χ0) is 14.1. The van der Waals surface area contributed by atoms with E-state index < -0.39 is 0 Å². The molecule has 20 heavy (non-hydrogen) atoms. The van der Waals surface area contributed by atoms with Gasteiger partial charge in [0, 0.05) is 12.0 Å². The summed E-state index contributed by atoms with van der Waals surface area (Å²) >= 11 is 6.18. The molecule has 5 heteroatoms. The summed E-state index contributed by atoms with van der Waals surface area (Å²) in [7, 11) is 0. The first-order valence-electron chi connectivity index (χ1n) is 7.54. The summed E-state index contributed by atoms with van der Waals surface area (Å²) in [5.41, 5.74) is 2.90. The minimum absolute atomic E-state index is 0.550. The second-order valence-electron chi connectivity index (χ2n) is 5.94. The molecule has 2 aromatic heterocycles. The highest BCUT2D eigenvalue weighted by atomic mass is 35.5. The first-order valence-corrected chi connectivity index (χ1v) is 7.91. The number of aryl methyl sites for hydroxylation is 2. The fraction of sp³-hybridized carbons (Fsp3) is 0.667. The van der Waals surface area contributed by atoms with Gasteiger partial charge in [0.25, 0.3) is 0 Å². The smallest absolute Gasteiger partial charge is 0.181 e. The highest BCUT2D eigenvalue weighted by Gasteiger charge is 2.17. The van der Waals surface area contributed by atoms with Crippen molar-refractivity contribution in [3.05, 3.63) is 22.1 Å². The lowest BCUT2D eigenvalue weighted by Crippen LogP contribution is -2.09. The van der Waals surface area contributed by atoms with Crippen LogP contribution in [0.5, 0.6) is 0 Å². The van der Waals surface area contributed by atoms with Crippen molar-refractivity contribution < 1.29 is 0 Å². The minimum Gasteiger partial charge on any atom is -0.196 e. The number of nitrogens with zero attached hydrogens (tertiary/aromatic N) is 4. The van der Waals surface area contributed by atoms with Crippen molar-refractivity contribution in [1.29, 1.82) is 0 Å². The number of hydrogen-bond donors (Lipinski definition) is 0. The molecule has 1 aliphatic carbocycles. The monoisotopic (exact) mass is 292 g/mol. The standard InChI is InChI=1S/C15H21ClN4/c1-10-11(2)15-18-17-13(20(15)19-14(10)16)9-8-12-6-4-3-5-7-12/h12H,3-9H2,1-2H3. The van der Waals surface area contributed by atoms with Gasteiger partial charge in [-0.25, -0.2) is 0 Å². The third-order valence-electron chi connectivity index (χ3n) is 4.60. The molecule has 0 aromatic carbocycles. The summed E-state index contributed by atoms with van der Waals surface area (Å²) in [5, 5.41) is 13.6. The summed E-state index contributed by atoms with van der Waals surface area (Å²) < 4.78 is 1.83. The summed E-state index contributed by atoms with van der Waals surface area (Å²) in [4.78, 5) is 0. The van der Waals surface area contributed by atoms with Crippen molar-refractivity contribution in [2.75, 3.05) is 0 Å². The number of fused-ring (bicyclic) bond motifs is 1. The SMILES string of the molecule is Cc1c(Cl)nn2c(CCC3CCCCC3)nnc2c1C. The maximum atomic E-state index is 6.18. The quantitative estimate of drug-likeness (QED) is 0.861. The number of aromatic nitrogens is 4. The van der Waals surface area contributed by atoms with Crippen molar-refractivity contribution in [3.8, 4) is 0 Å². The van der Waals surface area contributed by atoms with Crippen LogP contribution < -0.4 is 0 Å². The molecular weight excluding hydrogens is 272 g/mol. The molecule has 0 atom stereocenters. The van der Waals surface area contributed by atoms with Gasteiger partial charge in [0.1, 0.15) is 0 Å². The molecule has 0 radical (unpaired) electrons. The maximum absolute atomic E-state index is 6.18. The topological polar surface area (TPSA) is 43.1 Å². The molecule has 2 heterocycles. The fourth-order valence-corrected chi connectivity index (χ4v) is 3.32. The van der Waals surface area contributed by atoms with Crippen molar-refractivity contribution in [2.24, 2.45) is 5.92 Å². The van der Waals surface area contributed by atoms with Crippen LogP contribution in [0.3, 0.4) is 0 Å².